The maximum atomic E-state index is 11.8. The second-order valence-electron chi connectivity index (χ2n) is 4.78. The van der Waals surface area contributed by atoms with E-state index in [1.165, 1.54) is 6.92 Å². The molecular formula is C15H22N2O2. The predicted molar refractivity (Wildman–Crippen MR) is 77.6 cm³/mol. The normalized spacial score (nSPS) is 11.7. The van der Waals surface area contributed by atoms with Gasteiger partial charge in [-0.25, -0.2) is 4.79 Å². The average Bonchev–Trinajstić information content (AvgIpc) is 2.36. The largest absolute Gasteiger partial charge is 0.335 e. The van der Waals surface area contributed by atoms with Crippen molar-refractivity contribution in [3.8, 4) is 0 Å². The van der Waals surface area contributed by atoms with E-state index in [4.69, 9.17) is 0 Å². The van der Waals surface area contributed by atoms with Crippen LogP contribution in [0.25, 0.3) is 0 Å². The van der Waals surface area contributed by atoms with Crippen molar-refractivity contribution >= 4 is 17.5 Å². The van der Waals surface area contributed by atoms with Gasteiger partial charge in [-0.3, -0.25) is 4.79 Å². The molecule has 1 unspecified atom stereocenters. The molecule has 1 atom stereocenters. The zero-order valence-electron chi connectivity index (χ0n) is 11.8. The topological polar surface area (TPSA) is 58.2 Å². The van der Waals surface area contributed by atoms with E-state index in [0.717, 1.165) is 19.3 Å². The lowest BCUT2D eigenvalue weighted by atomic mass is 10.1. The minimum atomic E-state index is -0.232. The number of unbranched alkanes of at least 4 members (excludes halogenated alkanes) is 1. The summed E-state index contributed by atoms with van der Waals surface area (Å²) >= 11 is 0. The lowest BCUT2D eigenvalue weighted by molar-refractivity contribution is 0.101. The third-order valence-corrected chi connectivity index (χ3v) is 2.90. The van der Waals surface area contributed by atoms with Crippen LogP contribution in [0.4, 0.5) is 10.5 Å². The van der Waals surface area contributed by atoms with Crippen LogP contribution in [-0.4, -0.2) is 17.9 Å². The maximum absolute atomic E-state index is 11.8. The van der Waals surface area contributed by atoms with Gasteiger partial charge in [0.2, 0.25) is 0 Å². The number of ketones is 1. The first-order valence-corrected chi connectivity index (χ1v) is 6.71. The molecule has 1 aromatic rings. The van der Waals surface area contributed by atoms with Gasteiger partial charge in [0.25, 0.3) is 0 Å². The minimum Gasteiger partial charge on any atom is -0.335 e. The minimum absolute atomic E-state index is 0.0135. The number of amides is 2. The third kappa shape index (κ3) is 5.55. The van der Waals surface area contributed by atoms with Crippen LogP contribution < -0.4 is 10.6 Å². The summed E-state index contributed by atoms with van der Waals surface area (Å²) in [5.74, 6) is -0.0135. The first-order valence-electron chi connectivity index (χ1n) is 6.71. The molecule has 0 aliphatic heterocycles. The van der Waals surface area contributed by atoms with Crippen molar-refractivity contribution < 1.29 is 9.59 Å². The molecule has 104 valence electrons. The van der Waals surface area contributed by atoms with Crippen LogP contribution in [-0.2, 0) is 0 Å². The highest BCUT2D eigenvalue weighted by molar-refractivity contribution is 5.96. The molecule has 0 aliphatic rings. The number of anilines is 1. The van der Waals surface area contributed by atoms with E-state index >= 15 is 0 Å². The van der Waals surface area contributed by atoms with Crippen molar-refractivity contribution in [2.45, 2.75) is 46.1 Å². The van der Waals surface area contributed by atoms with Crippen LogP contribution in [0, 0.1) is 0 Å². The van der Waals surface area contributed by atoms with Gasteiger partial charge in [0.1, 0.15) is 0 Å². The quantitative estimate of drug-likeness (QED) is 0.770. The molecule has 0 saturated heterocycles. The van der Waals surface area contributed by atoms with Gasteiger partial charge in [-0.2, -0.15) is 0 Å². The van der Waals surface area contributed by atoms with Gasteiger partial charge in [0.05, 0.1) is 0 Å². The molecule has 4 nitrogen and oxygen atoms in total. The molecule has 1 aromatic carbocycles. The Morgan fingerprint density at radius 2 is 2.05 bits per heavy atom. The monoisotopic (exact) mass is 262 g/mol. The van der Waals surface area contributed by atoms with Gasteiger partial charge in [-0.05, 0) is 32.4 Å². The first kappa shape index (κ1) is 15.2. The van der Waals surface area contributed by atoms with Gasteiger partial charge in [0, 0.05) is 17.3 Å². The molecule has 0 saturated carbocycles. The number of hydrogen-bond donors (Lipinski definition) is 2. The van der Waals surface area contributed by atoms with Crippen LogP contribution in [0.5, 0.6) is 0 Å². The second-order valence-corrected chi connectivity index (χ2v) is 4.78. The number of nitrogens with one attached hydrogen (secondary N) is 2. The molecule has 0 heterocycles. The Morgan fingerprint density at radius 3 is 2.68 bits per heavy atom. The Labute approximate surface area is 114 Å². The summed E-state index contributed by atoms with van der Waals surface area (Å²) in [6, 6.07) is 6.85. The van der Waals surface area contributed by atoms with E-state index < -0.39 is 0 Å². The highest BCUT2D eigenvalue weighted by atomic mass is 16.2. The molecule has 4 heteroatoms. The molecule has 2 amide bonds. The Balaban J connectivity index is 2.52. The first-order chi connectivity index (χ1) is 9.02. The lowest BCUT2D eigenvalue weighted by Crippen LogP contribution is -2.36. The van der Waals surface area contributed by atoms with Gasteiger partial charge in [-0.15, -0.1) is 0 Å². The van der Waals surface area contributed by atoms with Crippen LogP contribution in [0.1, 0.15) is 50.4 Å². The fourth-order valence-corrected chi connectivity index (χ4v) is 1.79. The van der Waals surface area contributed by atoms with Gasteiger partial charge in [-0.1, -0.05) is 31.9 Å². The van der Waals surface area contributed by atoms with Crippen LogP contribution in [0.2, 0.25) is 0 Å². The molecule has 0 aliphatic carbocycles. The van der Waals surface area contributed by atoms with Gasteiger partial charge >= 0.3 is 6.03 Å². The Bertz CT molecular complexity index is 444. The molecule has 0 fully saturated rings. The predicted octanol–water partition coefficient (Wildman–Crippen LogP) is 3.59. The molecule has 2 N–H and O–H groups in total. The molecule has 19 heavy (non-hydrogen) atoms. The zero-order valence-corrected chi connectivity index (χ0v) is 11.8. The number of carbonyl (C=O) groups excluding carboxylic acids is 2. The molecule has 1 rings (SSSR count). The number of hydrogen-bond acceptors (Lipinski definition) is 2. The van der Waals surface area contributed by atoms with Crippen molar-refractivity contribution in [1.29, 1.82) is 0 Å². The highest BCUT2D eigenvalue weighted by Gasteiger charge is 2.07. The van der Waals surface area contributed by atoms with Crippen molar-refractivity contribution in [3.05, 3.63) is 29.8 Å². The Hall–Kier alpha value is -1.84. The summed E-state index contributed by atoms with van der Waals surface area (Å²) in [4.78, 5) is 23.0. The van der Waals surface area contributed by atoms with E-state index in [9.17, 15) is 9.59 Å². The smallest absolute Gasteiger partial charge is 0.319 e. The molecule has 0 radical (unpaired) electrons. The fourth-order valence-electron chi connectivity index (χ4n) is 1.79. The summed E-state index contributed by atoms with van der Waals surface area (Å²) in [6.07, 6.45) is 3.19. The van der Waals surface area contributed by atoms with Gasteiger partial charge in [0.15, 0.2) is 5.78 Å². The molecular weight excluding hydrogens is 240 g/mol. The maximum Gasteiger partial charge on any atom is 0.319 e. The number of Topliss-reactive ketones (excluding diaryl/α,β-unsaturated/α-hetero) is 1. The van der Waals surface area contributed by atoms with E-state index in [0.29, 0.717) is 11.3 Å². The van der Waals surface area contributed by atoms with Crippen LogP contribution in [0.3, 0.4) is 0 Å². The Kier molecular flexibility index (Phi) is 6.06. The zero-order chi connectivity index (χ0) is 14.3. The van der Waals surface area contributed by atoms with Crippen molar-refractivity contribution in [2.75, 3.05) is 5.32 Å². The highest BCUT2D eigenvalue weighted by Crippen LogP contribution is 2.11. The molecule has 0 aromatic heterocycles. The molecule has 0 spiro atoms. The Morgan fingerprint density at radius 1 is 1.32 bits per heavy atom. The summed E-state index contributed by atoms with van der Waals surface area (Å²) in [7, 11) is 0. The van der Waals surface area contributed by atoms with Crippen molar-refractivity contribution in [3.63, 3.8) is 0 Å². The second kappa shape index (κ2) is 7.56. The van der Waals surface area contributed by atoms with E-state index in [2.05, 4.69) is 17.6 Å². The number of carbonyl (C=O) groups is 2. The number of rotatable bonds is 6. The van der Waals surface area contributed by atoms with E-state index in [1.54, 1.807) is 24.3 Å². The van der Waals surface area contributed by atoms with E-state index in [1.807, 2.05) is 6.92 Å². The summed E-state index contributed by atoms with van der Waals surface area (Å²) in [5, 5.41) is 5.62. The SMILES string of the molecule is CCCCC(C)NC(=O)Nc1cccc(C(C)=O)c1. The standard InChI is InChI=1S/C15H22N2O2/c1-4-5-7-11(2)16-15(19)17-14-9-6-8-13(10-14)12(3)18/h6,8-11H,4-5,7H2,1-3H3,(H2,16,17,19). The number of benzene rings is 1. The van der Waals surface area contributed by atoms with Crippen LogP contribution in [0.15, 0.2) is 24.3 Å². The van der Waals surface area contributed by atoms with Gasteiger partial charge < -0.3 is 10.6 Å². The molecule has 0 bridgehead atoms. The summed E-state index contributed by atoms with van der Waals surface area (Å²) < 4.78 is 0. The summed E-state index contributed by atoms with van der Waals surface area (Å²) in [6.45, 7) is 5.62. The van der Waals surface area contributed by atoms with E-state index in [-0.39, 0.29) is 17.9 Å². The average molecular weight is 262 g/mol. The van der Waals surface area contributed by atoms with Crippen molar-refractivity contribution in [2.24, 2.45) is 0 Å². The summed E-state index contributed by atoms with van der Waals surface area (Å²) in [5.41, 5.74) is 1.23. The fraction of sp³-hybridized carbons (Fsp3) is 0.467. The lowest BCUT2D eigenvalue weighted by Gasteiger charge is -2.14. The van der Waals surface area contributed by atoms with Crippen molar-refractivity contribution in [1.82, 2.24) is 5.32 Å². The van der Waals surface area contributed by atoms with Crippen LogP contribution >= 0.6 is 0 Å². The number of urea groups is 1. The third-order valence-electron chi connectivity index (χ3n) is 2.90.